The lowest BCUT2D eigenvalue weighted by Gasteiger charge is -2.30. The van der Waals surface area contributed by atoms with Crippen molar-refractivity contribution in [2.75, 3.05) is 6.61 Å². The van der Waals surface area contributed by atoms with Gasteiger partial charge >= 0.3 is 0 Å². The number of hydrogen-bond donors (Lipinski definition) is 1. The third-order valence-electron chi connectivity index (χ3n) is 3.52. The molecule has 0 aliphatic heterocycles. The Kier molecular flexibility index (Phi) is 9.34. The van der Waals surface area contributed by atoms with E-state index >= 15 is 0 Å². The van der Waals surface area contributed by atoms with Gasteiger partial charge in [0.15, 0.2) is 0 Å². The van der Waals surface area contributed by atoms with Crippen LogP contribution in [0, 0.1) is 0 Å². The van der Waals surface area contributed by atoms with Gasteiger partial charge in [-0.25, -0.2) is 0 Å². The van der Waals surface area contributed by atoms with E-state index in [0.29, 0.717) is 19.4 Å². The molecule has 4 heteroatoms. The molecule has 21 heavy (non-hydrogen) atoms. The SMILES string of the molecule is CCCCCCC(Cl)(Cl)[C@@H](CCO)OCc1ccccc1. The van der Waals surface area contributed by atoms with E-state index in [-0.39, 0.29) is 12.7 Å². The first-order valence-electron chi connectivity index (χ1n) is 7.74. The predicted molar refractivity (Wildman–Crippen MR) is 89.9 cm³/mol. The van der Waals surface area contributed by atoms with E-state index in [1.165, 1.54) is 12.8 Å². The fourth-order valence-electron chi connectivity index (χ4n) is 2.25. The normalized spacial score (nSPS) is 13.3. The van der Waals surface area contributed by atoms with Crippen molar-refractivity contribution < 1.29 is 9.84 Å². The van der Waals surface area contributed by atoms with Crippen LogP contribution in [-0.4, -0.2) is 22.2 Å². The zero-order valence-corrected chi connectivity index (χ0v) is 14.2. The van der Waals surface area contributed by atoms with Gasteiger partial charge in [-0.15, -0.1) is 0 Å². The van der Waals surface area contributed by atoms with E-state index < -0.39 is 4.33 Å². The molecule has 0 radical (unpaired) electrons. The molecule has 1 aromatic rings. The highest BCUT2D eigenvalue weighted by atomic mass is 35.5. The Bertz CT molecular complexity index is 368. The number of aliphatic hydroxyl groups is 1. The van der Waals surface area contributed by atoms with Gasteiger partial charge in [0.05, 0.1) is 12.7 Å². The van der Waals surface area contributed by atoms with Gasteiger partial charge in [0.25, 0.3) is 0 Å². The molecule has 1 rings (SSSR count). The fourth-order valence-corrected chi connectivity index (χ4v) is 2.86. The highest BCUT2D eigenvalue weighted by Crippen LogP contribution is 2.35. The quantitative estimate of drug-likeness (QED) is 0.451. The first kappa shape index (κ1) is 18.8. The molecule has 1 aromatic carbocycles. The Balaban J connectivity index is 2.49. The molecule has 1 N–H and O–H groups in total. The van der Waals surface area contributed by atoms with Crippen molar-refractivity contribution in [1.82, 2.24) is 0 Å². The van der Waals surface area contributed by atoms with Crippen molar-refractivity contribution in [2.45, 2.75) is 62.5 Å². The maximum atomic E-state index is 9.21. The molecule has 0 aromatic heterocycles. The average molecular weight is 333 g/mol. The van der Waals surface area contributed by atoms with E-state index in [1.807, 2.05) is 30.3 Å². The summed E-state index contributed by atoms with van der Waals surface area (Å²) < 4.78 is 4.93. The molecule has 0 fully saturated rings. The topological polar surface area (TPSA) is 29.5 Å². The van der Waals surface area contributed by atoms with E-state index in [1.54, 1.807) is 0 Å². The number of ether oxygens (including phenoxy) is 1. The van der Waals surface area contributed by atoms with Crippen LogP contribution in [0.25, 0.3) is 0 Å². The Morgan fingerprint density at radius 1 is 1.14 bits per heavy atom. The van der Waals surface area contributed by atoms with Gasteiger partial charge in [-0.1, -0.05) is 86.1 Å². The van der Waals surface area contributed by atoms with Gasteiger partial charge in [-0.2, -0.15) is 0 Å². The summed E-state index contributed by atoms with van der Waals surface area (Å²) in [7, 11) is 0. The molecule has 0 saturated heterocycles. The zero-order valence-electron chi connectivity index (χ0n) is 12.7. The third kappa shape index (κ3) is 7.51. The minimum atomic E-state index is -0.939. The van der Waals surface area contributed by atoms with Crippen LogP contribution in [0.15, 0.2) is 30.3 Å². The third-order valence-corrected chi connectivity index (χ3v) is 4.38. The van der Waals surface area contributed by atoms with Crippen LogP contribution < -0.4 is 0 Å². The van der Waals surface area contributed by atoms with Gasteiger partial charge in [-0.3, -0.25) is 0 Å². The van der Waals surface area contributed by atoms with E-state index in [9.17, 15) is 5.11 Å². The first-order chi connectivity index (χ1) is 10.1. The summed E-state index contributed by atoms with van der Waals surface area (Å²) in [6.45, 7) is 2.66. The van der Waals surface area contributed by atoms with Crippen molar-refractivity contribution in [2.24, 2.45) is 0 Å². The highest BCUT2D eigenvalue weighted by Gasteiger charge is 2.34. The second kappa shape index (κ2) is 10.4. The van der Waals surface area contributed by atoms with Gasteiger partial charge in [0.1, 0.15) is 4.33 Å². The summed E-state index contributed by atoms with van der Waals surface area (Å²) in [5, 5.41) is 9.21. The van der Waals surface area contributed by atoms with Crippen molar-refractivity contribution in [3.05, 3.63) is 35.9 Å². The number of halogens is 2. The molecule has 0 unspecified atom stereocenters. The molecular formula is C17H26Cl2O2. The molecule has 0 aliphatic carbocycles. The Labute approximate surface area is 138 Å². The van der Waals surface area contributed by atoms with Crippen LogP contribution in [0.3, 0.4) is 0 Å². The van der Waals surface area contributed by atoms with Gasteiger partial charge in [0, 0.05) is 6.61 Å². The Morgan fingerprint density at radius 2 is 1.86 bits per heavy atom. The standard InChI is InChI=1S/C17H26Cl2O2/c1-2-3-4-8-12-17(18,19)16(11-13-20)21-14-15-9-6-5-7-10-15/h5-7,9-10,16,20H,2-4,8,11-14H2,1H3/t16-/m1/s1. The largest absolute Gasteiger partial charge is 0.396 e. The minimum Gasteiger partial charge on any atom is -0.396 e. The number of alkyl halides is 2. The summed E-state index contributed by atoms with van der Waals surface area (Å²) >= 11 is 12.9. The molecule has 0 bridgehead atoms. The molecule has 0 heterocycles. The van der Waals surface area contributed by atoms with E-state index in [0.717, 1.165) is 18.4 Å². The number of rotatable bonds is 11. The van der Waals surface area contributed by atoms with Gasteiger partial charge < -0.3 is 9.84 Å². The first-order valence-corrected chi connectivity index (χ1v) is 8.50. The maximum absolute atomic E-state index is 9.21. The van der Waals surface area contributed by atoms with Crippen LogP contribution in [0.2, 0.25) is 0 Å². The molecule has 0 amide bonds. The van der Waals surface area contributed by atoms with Crippen molar-refractivity contribution in [1.29, 1.82) is 0 Å². The average Bonchev–Trinajstić information content (AvgIpc) is 2.49. The summed E-state index contributed by atoms with van der Waals surface area (Å²) in [6, 6.07) is 9.91. The molecule has 0 spiro atoms. The molecular weight excluding hydrogens is 307 g/mol. The summed E-state index contributed by atoms with van der Waals surface area (Å²) in [4.78, 5) is 0. The smallest absolute Gasteiger partial charge is 0.144 e. The second-order valence-electron chi connectivity index (χ2n) is 5.37. The van der Waals surface area contributed by atoms with Crippen LogP contribution in [-0.2, 0) is 11.3 Å². The number of hydrogen-bond acceptors (Lipinski definition) is 2. The van der Waals surface area contributed by atoms with Crippen molar-refractivity contribution in [3.8, 4) is 0 Å². The van der Waals surface area contributed by atoms with Crippen LogP contribution in [0.1, 0.15) is 51.0 Å². The van der Waals surface area contributed by atoms with Gasteiger partial charge in [0.2, 0.25) is 0 Å². The van der Waals surface area contributed by atoms with E-state index in [4.69, 9.17) is 27.9 Å². The summed E-state index contributed by atoms with van der Waals surface area (Å²) in [5.41, 5.74) is 1.08. The lowest BCUT2D eigenvalue weighted by atomic mass is 10.0. The second-order valence-corrected chi connectivity index (χ2v) is 6.91. The van der Waals surface area contributed by atoms with Crippen molar-refractivity contribution in [3.63, 3.8) is 0 Å². The molecule has 0 saturated carbocycles. The lowest BCUT2D eigenvalue weighted by Crippen LogP contribution is -2.34. The minimum absolute atomic E-state index is 0.0234. The molecule has 2 nitrogen and oxygen atoms in total. The fraction of sp³-hybridized carbons (Fsp3) is 0.647. The predicted octanol–water partition coefficient (Wildman–Crippen LogP) is 5.10. The highest BCUT2D eigenvalue weighted by molar-refractivity contribution is 6.48. The summed E-state index contributed by atoms with van der Waals surface area (Å²) in [5.74, 6) is 0. The van der Waals surface area contributed by atoms with Crippen LogP contribution in [0.4, 0.5) is 0 Å². The van der Waals surface area contributed by atoms with Crippen LogP contribution >= 0.6 is 23.2 Å². The number of aliphatic hydroxyl groups excluding tert-OH is 1. The molecule has 1 atom stereocenters. The molecule has 120 valence electrons. The molecule has 0 aliphatic rings. The van der Waals surface area contributed by atoms with Crippen molar-refractivity contribution >= 4 is 23.2 Å². The van der Waals surface area contributed by atoms with Crippen LogP contribution in [0.5, 0.6) is 0 Å². The monoisotopic (exact) mass is 332 g/mol. The maximum Gasteiger partial charge on any atom is 0.144 e. The lowest BCUT2D eigenvalue weighted by molar-refractivity contribution is 0.0117. The van der Waals surface area contributed by atoms with Gasteiger partial charge in [-0.05, 0) is 18.4 Å². The number of benzene rings is 1. The Hall–Kier alpha value is -0.280. The zero-order chi connectivity index (χ0) is 15.6. The summed E-state index contributed by atoms with van der Waals surface area (Å²) in [6.07, 6.45) is 5.28. The van der Waals surface area contributed by atoms with E-state index in [2.05, 4.69) is 6.92 Å². The Morgan fingerprint density at radius 3 is 2.48 bits per heavy atom. The number of unbranched alkanes of at least 4 members (excludes halogenated alkanes) is 3.